The van der Waals surface area contributed by atoms with E-state index < -0.39 is 5.97 Å². The minimum Gasteiger partial charge on any atom is -0.478 e. The van der Waals surface area contributed by atoms with Crippen LogP contribution in [0.3, 0.4) is 0 Å². The molecular formula is C15H16N2O3. The van der Waals surface area contributed by atoms with Gasteiger partial charge >= 0.3 is 5.97 Å². The maximum Gasteiger partial charge on any atom is 0.335 e. The van der Waals surface area contributed by atoms with Gasteiger partial charge in [0.25, 0.3) is 5.91 Å². The molecular weight excluding hydrogens is 256 g/mol. The first-order chi connectivity index (χ1) is 9.50. The summed E-state index contributed by atoms with van der Waals surface area (Å²) in [5, 5.41) is 10.0. The van der Waals surface area contributed by atoms with Crippen molar-refractivity contribution in [1.82, 2.24) is 9.47 Å². The highest BCUT2D eigenvalue weighted by molar-refractivity contribution is 6.03. The van der Waals surface area contributed by atoms with Crippen molar-refractivity contribution in [3.63, 3.8) is 0 Å². The zero-order valence-electron chi connectivity index (χ0n) is 11.5. The molecule has 2 heterocycles. The Labute approximate surface area is 116 Å². The van der Waals surface area contributed by atoms with Crippen LogP contribution in [0.2, 0.25) is 0 Å². The fourth-order valence-electron chi connectivity index (χ4n) is 2.95. The number of fused-ring (bicyclic) bond motifs is 3. The number of carbonyl (C=O) groups excluding carboxylic acids is 1. The topological polar surface area (TPSA) is 62.5 Å². The van der Waals surface area contributed by atoms with E-state index in [1.54, 1.807) is 30.1 Å². The second kappa shape index (κ2) is 4.37. The molecule has 1 aromatic carbocycles. The highest BCUT2D eigenvalue weighted by Crippen LogP contribution is 2.30. The monoisotopic (exact) mass is 272 g/mol. The summed E-state index contributed by atoms with van der Waals surface area (Å²) in [6.45, 7) is 0.730. The van der Waals surface area contributed by atoms with Gasteiger partial charge in [0.1, 0.15) is 5.69 Å². The van der Waals surface area contributed by atoms with Crippen molar-refractivity contribution in [2.45, 2.75) is 12.8 Å². The molecule has 0 saturated carbocycles. The first-order valence-electron chi connectivity index (χ1n) is 6.60. The number of carboxylic acids is 1. The van der Waals surface area contributed by atoms with E-state index in [-0.39, 0.29) is 11.5 Å². The third-order valence-corrected chi connectivity index (χ3v) is 4.02. The molecule has 1 aliphatic rings. The summed E-state index contributed by atoms with van der Waals surface area (Å²) in [6.07, 6.45) is 1.69. The standard InChI is InChI=1S/C15H16N2O3/c1-16-7-3-4-10-11-8-9(15(19)20)5-6-12(11)17(2)13(10)14(16)18/h5-6,8H,3-4,7H2,1-2H3,(H,19,20). The first-order valence-corrected chi connectivity index (χ1v) is 6.60. The van der Waals surface area contributed by atoms with Crippen LogP contribution >= 0.6 is 0 Å². The van der Waals surface area contributed by atoms with Gasteiger partial charge in [0.15, 0.2) is 0 Å². The largest absolute Gasteiger partial charge is 0.478 e. The number of carbonyl (C=O) groups is 2. The number of hydrogen-bond donors (Lipinski definition) is 1. The van der Waals surface area contributed by atoms with E-state index in [1.807, 2.05) is 11.6 Å². The summed E-state index contributed by atoms with van der Waals surface area (Å²) < 4.78 is 1.88. The third kappa shape index (κ3) is 1.70. The number of aromatic nitrogens is 1. The van der Waals surface area contributed by atoms with Gasteiger partial charge < -0.3 is 14.6 Å². The maximum atomic E-state index is 12.4. The zero-order chi connectivity index (χ0) is 14.4. The quantitative estimate of drug-likeness (QED) is 0.862. The highest BCUT2D eigenvalue weighted by atomic mass is 16.4. The number of rotatable bonds is 1. The fraction of sp³-hybridized carbons (Fsp3) is 0.333. The average Bonchev–Trinajstić information content (AvgIpc) is 2.60. The van der Waals surface area contributed by atoms with E-state index in [1.165, 1.54) is 0 Å². The van der Waals surface area contributed by atoms with Crippen molar-refractivity contribution in [3.8, 4) is 0 Å². The molecule has 0 aliphatic carbocycles. The van der Waals surface area contributed by atoms with Crippen LogP contribution in [0.5, 0.6) is 0 Å². The normalized spacial score (nSPS) is 15.3. The molecule has 5 heteroatoms. The predicted molar refractivity (Wildman–Crippen MR) is 75.2 cm³/mol. The lowest BCUT2D eigenvalue weighted by atomic mass is 10.0. The summed E-state index contributed by atoms with van der Waals surface area (Å²) in [5.74, 6) is -0.936. The van der Waals surface area contributed by atoms with E-state index in [0.717, 1.165) is 35.9 Å². The molecule has 0 spiro atoms. The number of nitrogens with zero attached hydrogens (tertiary/aromatic N) is 2. The Morgan fingerprint density at radius 3 is 2.75 bits per heavy atom. The van der Waals surface area contributed by atoms with Crippen LogP contribution in [-0.2, 0) is 13.5 Å². The smallest absolute Gasteiger partial charge is 0.335 e. The molecule has 0 radical (unpaired) electrons. The number of hydrogen-bond acceptors (Lipinski definition) is 2. The van der Waals surface area contributed by atoms with Gasteiger partial charge in [-0.1, -0.05) is 0 Å². The van der Waals surface area contributed by atoms with E-state index in [4.69, 9.17) is 5.11 Å². The van der Waals surface area contributed by atoms with Gasteiger partial charge in [-0.15, -0.1) is 0 Å². The number of benzene rings is 1. The second-order valence-corrected chi connectivity index (χ2v) is 5.25. The van der Waals surface area contributed by atoms with Crippen molar-refractivity contribution in [3.05, 3.63) is 35.0 Å². The molecule has 0 atom stereocenters. The molecule has 1 N–H and O–H groups in total. The zero-order valence-corrected chi connectivity index (χ0v) is 11.5. The Morgan fingerprint density at radius 1 is 1.30 bits per heavy atom. The second-order valence-electron chi connectivity index (χ2n) is 5.25. The summed E-state index contributed by atoms with van der Waals surface area (Å²) in [5.41, 5.74) is 2.82. The van der Waals surface area contributed by atoms with Crippen LogP contribution in [0, 0.1) is 0 Å². The van der Waals surface area contributed by atoms with Crippen molar-refractivity contribution >= 4 is 22.8 Å². The van der Waals surface area contributed by atoms with Gasteiger partial charge in [-0.05, 0) is 36.6 Å². The Hall–Kier alpha value is -2.30. The predicted octanol–water partition coefficient (Wildman–Crippen LogP) is 1.89. The lowest BCUT2D eigenvalue weighted by molar-refractivity contribution is 0.0696. The average molecular weight is 272 g/mol. The summed E-state index contributed by atoms with van der Waals surface area (Å²) in [7, 11) is 3.66. The van der Waals surface area contributed by atoms with Crippen LogP contribution in [0.15, 0.2) is 18.2 Å². The summed E-state index contributed by atoms with van der Waals surface area (Å²) in [4.78, 5) is 25.3. The van der Waals surface area contributed by atoms with Gasteiger partial charge in [-0.2, -0.15) is 0 Å². The molecule has 0 saturated heterocycles. The minimum absolute atomic E-state index is 0.00748. The number of aryl methyl sites for hydroxylation is 2. The number of carboxylic acid groups (broad SMARTS) is 1. The molecule has 0 bridgehead atoms. The summed E-state index contributed by atoms with van der Waals surface area (Å²) in [6, 6.07) is 5.04. The summed E-state index contributed by atoms with van der Waals surface area (Å²) >= 11 is 0. The van der Waals surface area contributed by atoms with E-state index >= 15 is 0 Å². The van der Waals surface area contributed by atoms with Crippen molar-refractivity contribution < 1.29 is 14.7 Å². The molecule has 20 heavy (non-hydrogen) atoms. The minimum atomic E-state index is -0.943. The van der Waals surface area contributed by atoms with Crippen LogP contribution in [-0.4, -0.2) is 40.0 Å². The Bertz CT molecular complexity index is 730. The molecule has 1 aromatic heterocycles. The SMILES string of the molecule is CN1CCCc2c(n(C)c3ccc(C(=O)O)cc23)C1=O. The Kier molecular flexibility index (Phi) is 2.78. The molecule has 5 nitrogen and oxygen atoms in total. The van der Waals surface area contributed by atoms with Crippen molar-refractivity contribution in [2.75, 3.05) is 13.6 Å². The molecule has 1 amide bonds. The molecule has 3 rings (SSSR count). The third-order valence-electron chi connectivity index (χ3n) is 4.02. The molecule has 104 valence electrons. The highest BCUT2D eigenvalue weighted by Gasteiger charge is 2.26. The molecule has 0 unspecified atom stereocenters. The first kappa shape index (κ1) is 12.7. The maximum absolute atomic E-state index is 12.4. The van der Waals surface area contributed by atoms with Crippen molar-refractivity contribution in [2.24, 2.45) is 7.05 Å². The number of amides is 1. The van der Waals surface area contributed by atoms with Crippen LogP contribution in [0.4, 0.5) is 0 Å². The lowest BCUT2D eigenvalue weighted by Crippen LogP contribution is -2.27. The van der Waals surface area contributed by atoms with E-state index in [2.05, 4.69) is 0 Å². The van der Waals surface area contributed by atoms with Gasteiger partial charge in [-0.25, -0.2) is 4.79 Å². The number of aromatic carboxylic acids is 1. The van der Waals surface area contributed by atoms with Gasteiger partial charge in [-0.3, -0.25) is 4.79 Å². The Morgan fingerprint density at radius 2 is 2.05 bits per heavy atom. The van der Waals surface area contributed by atoms with Gasteiger partial charge in [0, 0.05) is 31.5 Å². The van der Waals surface area contributed by atoms with Crippen LogP contribution in [0.1, 0.15) is 32.8 Å². The van der Waals surface area contributed by atoms with Crippen molar-refractivity contribution in [1.29, 1.82) is 0 Å². The molecule has 2 aromatic rings. The fourth-order valence-corrected chi connectivity index (χ4v) is 2.95. The lowest BCUT2D eigenvalue weighted by Gasteiger charge is -2.14. The van der Waals surface area contributed by atoms with Crippen LogP contribution in [0.25, 0.3) is 10.9 Å². The molecule has 1 aliphatic heterocycles. The van der Waals surface area contributed by atoms with E-state index in [9.17, 15) is 9.59 Å². The van der Waals surface area contributed by atoms with Gasteiger partial charge in [0.2, 0.25) is 0 Å². The Balaban J connectivity index is 2.32. The van der Waals surface area contributed by atoms with Crippen LogP contribution < -0.4 is 0 Å². The van der Waals surface area contributed by atoms with Gasteiger partial charge in [0.05, 0.1) is 5.56 Å². The molecule has 0 fully saturated rings. The van der Waals surface area contributed by atoms with E-state index in [0.29, 0.717) is 5.69 Å².